The maximum atomic E-state index is 3.62. The lowest BCUT2D eigenvalue weighted by Gasteiger charge is -2.50. The summed E-state index contributed by atoms with van der Waals surface area (Å²) in [5.74, 6) is 1.74. The van der Waals surface area contributed by atoms with E-state index in [9.17, 15) is 0 Å². The Kier molecular flexibility index (Phi) is 3.36. The van der Waals surface area contributed by atoms with Crippen molar-refractivity contribution in [3.63, 3.8) is 0 Å². The molecule has 1 saturated heterocycles. The Balaban J connectivity index is 1.97. The maximum absolute atomic E-state index is 3.62. The quantitative estimate of drug-likeness (QED) is 0.751. The van der Waals surface area contributed by atoms with E-state index in [0.29, 0.717) is 6.04 Å². The molecule has 2 aliphatic rings. The molecule has 0 aromatic carbocycles. The summed E-state index contributed by atoms with van der Waals surface area (Å²) in [6.45, 7) is 11.8. The van der Waals surface area contributed by atoms with Crippen molar-refractivity contribution >= 4 is 0 Å². The van der Waals surface area contributed by atoms with E-state index in [4.69, 9.17) is 0 Å². The summed E-state index contributed by atoms with van der Waals surface area (Å²) in [4.78, 5) is 2.78. The van der Waals surface area contributed by atoms with E-state index in [2.05, 4.69) is 37.9 Å². The summed E-state index contributed by atoms with van der Waals surface area (Å²) in [5, 5.41) is 3.62. The third-order valence-corrected chi connectivity index (χ3v) is 4.17. The van der Waals surface area contributed by atoms with Crippen LogP contribution in [0.5, 0.6) is 0 Å². The minimum Gasteiger partial charge on any atom is -0.311 e. The minimum absolute atomic E-state index is 0.677. The van der Waals surface area contributed by atoms with E-state index < -0.39 is 0 Å². The number of nitrogens with zero attached hydrogens (tertiary/aromatic N) is 1. The van der Waals surface area contributed by atoms with Gasteiger partial charge in [-0.2, -0.15) is 0 Å². The van der Waals surface area contributed by atoms with Crippen LogP contribution in [0.2, 0.25) is 0 Å². The van der Waals surface area contributed by atoms with Gasteiger partial charge in [-0.15, -0.1) is 0 Å². The molecule has 88 valence electrons. The Labute approximate surface area is 94.4 Å². The summed E-state index contributed by atoms with van der Waals surface area (Å²) in [5.41, 5.74) is 0. The second-order valence-electron chi connectivity index (χ2n) is 6.05. The molecule has 1 saturated carbocycles. The third kappa shape index (κ3) is 2.36. The van der Waals surface area contributed by atoms with Gasteiger partial charge in [0.2, 0.25) is 0 Å². The fourth-order valence-corrected chi connectivity index (χ4v) is 3.12. The SMILES string of the molecule is CC1CC(N2CC(C)NCC2C(C)C)C1. The van der Waals surface area contributed by atoms with Crippen molar-refractivity contribution < 1.29 is 0 Å². The first-order chi connectivity index (χ1) is 7.08. The van der Waals surface area contributed by atoms with Crippen LogP contribution in [0, 0.1) is 11.8 Å². The van der Waals surface area contributed by atoms with E-state index >= 15 is 0 Å². The average Bonchev–Trinajstić information content (AvgIpc) is 2.12. The van der Waals surface area contributed by atoms with Crippen molar-refractivity contribution in [2.45, 2.75) is 58.7 Å². The molecule has 0 bridgehead atoms. The molecule has 2 nitrogen and oxygen atoms in total. The number of hydrogen-bond acceptors (Lipinski definition) is 2. The van der Waals surface area contributed by atoms with Gasteiger partial charge in [0, 0.05) is 31.2 Å². The van der Waals surface area contributed by atoms with E-state index in [1.165, 1.54) is 25.9 Å². The van der Waals surface area contributed by atoms with Crippen LogP contribution in [-0.4, -0.2) is 36.1 Å². The molecule has 1 aliphatic heterocycles. The molecule has 1 heterocycles. The van der Waals surface area contributed by atoms with Crippen molar-refractivity contribution in [1.82, 2.24) is 10.2 Å². The molecule has 2 heteroatoms. The Morgan fingerprint density at radius 1 is 1.20 bits per heavy atom. The lowest BCUT2D eigenvalue weighted by Crippen LogP contribution is -2.62. The zero-order valence-corrected chi connectivity index (χ0v) is 10.7. The van der Waals surface area contributed by atoms with Crippen molar-refractivity contribution in [2.75, 3.05) is 13.1 Å². The largest absolute Gasteiger partial charge is 0.311 e. The molecule has 0 spiro atoms. The predicted octanol–water partition coefficient (Wildman–Crippen LogP) is 2.10. The molecular formula is C13H26N2. The van der Waals surface area contributed by atoms with Gasteiger partial charge >= 0.3 is 0 Å². The first-order valence-corrected chi connectivity index (χ1v) is 6.57. The first kappa shape index (κ1) is 11.4. The van der Waals surface area contributed by atoms with Crippen LogP contribution >= 0.6 is 0 Å². The molecule has 2 unspecified atom stereocenters. The zero-order chi connectivity index (χ0) is 11.0. The van der Waals surface area contributed by atoms with Gasteiger partial charge in [0.1, 0.15) is 0 Å². The van der Waals surface area contributed by atoms with E-state index in [0.717, 1.165) is 23.9 Å². The smallest absolute Gasteiger partial charge is 0.0247 e. The Morgan fingerprint density at radius 3 is 2.40 bits per heavy atom. The molecule has 2 atom stereocenters. The second-order valence-corrected chi connectivity index (χ2v) is 6.05. The van der Waals surface area contributed by atoms with Crippen LogP contribution in [0.15, 0.2) is 0 Å². The topological polar surface area (TPSA) is 15.3 Å². The van der Waals surface area contributed by atoms with Crippen molar-refractivity contribution in [1.29, 1.82) is 0 Å². The van der Waals surface area contributed by atoms with Crippen molar-refractivity contribution in [3.8, 4) is 0 Å². The van der Waals surface area contributed by atoms with Crippen LogP contribution in [0.4, 0.5) is 0 Å². The summed E-state index contributed by atoms with van der Waals surface area (Å²) >= 11 is 0. The highest BCUT2D eigenvalue weighted by Gasteiger charge is 2.38. The van der Waals surface area contributed by atoms with E-state index in [1.807, 2.05) is 0 Å². The normalized spacial score (nSPS) is 43.0. The Hall–Kier alpha value is -0.0800. The first-order valence-electron chi connectivity index (χ1n) is 6.57. The molecule has 2 fully saturated rings. The number of piperazine rings is 1. The monoisotopic (exact) mass is 210 g/mol. The summed E-state index contributed by atoms with van der Waals surface area (Å²) in [6.07, 6.45) is 2.85. The minimum atomic E-state index is 0.677. The van der Waals surface area contributed by atoms with Gasteiger partial charge in [0.15, 0.2) is 0 Å². The maximum Gasteiger partial charge on any atom is 0.0247 e. The van der Waals surface area contributed by atoms with Gasteiger partial charge in [-0.1, -0.05) is 20.8 Å². The van der Waals surface area contributed by atoms with Crippen molar-refractivity contribution in [3.05, 3.63) is 0 Å². The van der Waals surface area contributed by atoms with Crippen LogP contribution in [0.3, 0.4) is 0 Å². The average molecular weight is 210 g/mol. The Bertz CT molecular complexity index is 209. The molecule has 0 aromatic rings. The van der Waals surface area contributed by atoms with E-state index in [-0.39, 0.29) is 0 Å². The third-order valence-electron chi connectivity index (χ3n) is 4.17. The van der Waals surface area contributed by atoms with Crippen LogP contribution in [-0.2, 0) is 0 Å². The lowest BCUT2D eigenvalue weighted by molar-refractivity contribution is 0.00357. The highest BCUT2D eigenvalue weighted by Crippen LogP contribution is 2.34. The molecule has 1 N–H and O–H groups in total. The molecule has 0 radical (unpaired) electrons. The van der Waals surface area contributed by atoms with Crippen molar-refractivity contribution in [2.24, 2.45) is 11.8 Å². The predicted molar refractivity (Wildman–Crippen MR) is 65.0 cm³/mol. The van der Waals surface area contributed by atoms with Gasteiger partial charge in [-0.25, -0.2) is 0 Å². The lowest BCUT2D eigenvalue weighted by atomic mass is 9.79. The van der Waals surface area contributed by atoms with Gasteiger partial charge in [-0.05, 0) is 31.6 Å². The van der Waals surface area contributed by atoms with Gasteiger partial charge in [0.05, 0.1) is 0 Å². The van der Waals surface area contributed by atoms with E-state index in [1.54, 1.807) is 0 Å². The summed E-state index contributed by atoms with van der Waals surface area (Å²) in [7, 11) is 0. The standard InChI is InChI=1S/C13H26N2/c1-9(2)13-7-14-11(4)8-15(13)12-5-10(3)6-12/h9-14H,5-8H2,1-4H3. The summed E-state index contributed by atoms with van der Waals surface area (Å²) in [6, 6.07) is 2.33. The van der Waals surface area contributed by atoms with Gasteiger partial charge in [0.25, 0.3) is 0 Å². The molecule has 1 aliphatic carbocycles. The van der Waals surface area contributed by atoms with Crippen LogP contribution in [0.1, 0.15) is 40.5 Å². The highest BCUT2D eigenvalue weighted by atomic mass is 15.3. The fourth-order valence-electron chi connectivity index (χ4n) is 3.12. The molecule has 0 amide bonds. The van der Waals surface area contributed by atoms with Gasteiger partial charge in [-0.3, -0.25) is 4.90 Å². The highest BCUT2D eigenvalue weighted by molar-refractivity contribution is 4.94. The van der Waals surface area contributed by atoms with Crippen LogP contribution < -0.4 is 5.32 Å². The summed E-state index contributed by atoms with van der Waals surface area (Å²) < 4.78 is 0. The zero-order valence-electron chi connectivity index (χ0n) is 10.7. The number of hydrogen-bond donors (Lipinski definition) is 1. The molecule has 0 aromatic heterocycles. The molecule has 2 rings (SSSR count). The second kappa shape index (κ2) is 4.42. The molecule has 15 heavy (non-hydrogen) atoms. The number of nitrogens with one attached hydrogen (secondary N) is 1. The Morgan fingerprint density at radius 2 is 1.87 bits per heavy atom. The molecular weight excluding hydrogens is 184 g/mol. The van der Waals surface area contributed by atoms with Crippen LogP contribution in [0.25, 0.3) is 0 Å². The fraction of sp³-hybridized carbons (Fsp3) is 1.00. The number of rotatable bonds is 2. The van der Waals surface area contributed by atoms with Gasteiger partial charge < -0.3 is 5.32 Å².